The van der Waals surface area contributed by atoms with Crippen molar-refractivity contribution in [3.05, 3.63) is 64.3 Å². The Morgan fingerprint density at radius 2 is 1.93 bits per heavy atom. The first kappa shape index (κ1) is 19.6. The van der Waals surface area contributed by atoms with Gasteiger partial charge in [0.05, 0.1) is 6.04 Å². The van der Waals surface area contributed by atoms with E-state index in [0.717, 1.165) is 28.7 Å². The lowest BCUT2D eigenvalue weighted by atomic mass is 9.94. The number of carbonyl (C=O) groups excluding carboxylic acids is 1. The molecule has 6 heteroatoms. The zero-order valence-electron chi connectivity index (χ0n) is 17.1. The molecule has 1 unspecified atom stereocenters. The van der Waals surface area contributed by atoms with E-state index in [4.69, 9.17) is 0 Å². The van der Waals surface area contributed by atoms with Crippen LogP contribution in [0.1, 0.15) is 52.1 Å². The first-order valence-electron chi connectivity index (χ1n) is 9.80. The van der Waals surface area contributed by atoms with Crippen LogP contribution in [0.3, 0.4) is 0 Å². The highest BCUT2D eigenvalue weighted by atomic mass is 32.2. The van der Waals surface area contributed by atoms with E-state index < -0.39 is 0 Å². The molecule has 5 nitrogen and oxygen atoms in total. The van der Waals surface area contributed by atoms with Gasteiger partial charge in [-0.3, -0.25) is 9.89 Å². The quantitative estimate of drug-likeness (QED) is 0.579. The summed E-state index contributed by atoms with van der Waals surface area (Å²) in [5.74, 6) is 0.172. The van der Waals surface area contributed by atoms with Crippen LogP contribution in [0.4, 0.5) is 0 Å². The molecule has 0 aliphatic carbocycles. The van der Waals surface area contributed by atoms with Gasteiger partial charge in [0.15, 0.2) is 0 Å². The molecule has 2 heterocycles. The largest absolute Gasteiger partial charge is 0.507 e. The standard InChI is InChI=1S/C23H25N3O2S/c1-5-10-26-21(15-6-8-16(29-4)9-7-15)18-19(24-25-20(18)23(26)28)17-12-13(2)11-14(3)22(17)27/h6-9,11-12,21,27H,5,10H2,1-4H3,(H,24,25). The summed E-state index contributed by atoms with van der Waals surface area (Å²) in [5, 5.41) is 18.2. The molecule has 1 aromatic heterocycles. The van der Waals surface area contributed by atoms with Gasteiger partial charge in [-0.15, -0.1) is 11.8 Å². The fraction of sp³-hybridized carbons (Fsp3) is 0.304. The van der Waals surface area contributed by atoms with Gasteiger partial charge in [0.25, 0.3) is 5.91 Å². The number of benzene rings is 2. The summed E-state index contributed by atoms with van der Waals surface area (Å²) in [4.78, 5) is 16.2. The molecule has 2 aromatic carbocycles. The minimum Gasteiger partial charge on any atom is -0.507 e. The molecule has 0 bridgehead atoms. The van der Waals surface area contributed by atoms with Gasteiger partial charge in [0.2, 0.25) is 0 Å². The molecule has 150 valence electrons. The number of thioether (sulfide) groups is 1. The maximum Gasteiger partial charge on any atom is 0.273 e. The number of amides is 1. The molecule has 0 saturated heterocycles. The maximum atomic E-state index is 13.1. The molecule has 0 saturated carbocycles. The third kappa shape index (κ3) is 3.21. The van der Waals surface area contributed by atoms with Crippen molar-refractivity contribution < 1.29 is 9.90 Å². The number of fused-ring (bicyclic) bond motifs is 1. The molecular formula is C23H25N3O2S. The number of carbonyl (C=O) groups is 1. The molecule has 4 rings (SSSR count). The minimum absolute atomic E-state index is 0.0385. The van der Waals surface area contributed by atoms with E-state index >= 15 is 0 Å². The molecule has 0 radical (unpaired) electrons. The van der Waals surface area contributed by atoms with Crippen LogP contribution in [0.15, 0.2) is 41.3 Å². The third-order valence-electron chi connectivity index (χ3n) is 5.46. The second-order valence-electron chi connectivity index (χ2n) is 7.51. The fourth-order valence-electron chi connectivity index (χ4n) is 4.15. The van der Waals surface area contributed by atoms with Gasteiger partial charge in [0.1, 0.15) is 17.1 Å². The maximum absolute atomic E-state index is 13.1. The van der Waals surface area contributed by atoms with Crippen molar-refractivity contribution in [2.24, 2.45) is 0 Å². The highest BCUT2D eigenvalue weighted by molar-refractivity contribution is 7.98. The number of nitrogens with one attached hydrogen (secondary N) is 1. The molecule has 3 aromatic rings. The molecule has 0 spiro atoms. The topological polar surface area (TPSA) is 69.2 Å². The van der Waals surface area contributed by atoms with Crippen molar-refractivity contribution in [2.45, 2.75) is 38.1 Å². The molecule has 0 fully saturated rings. The van der Waals surface area contributed by atoms with Crippen molar-refractivity contribution in [2.75, 3.05) is 12.8 Å². The number of phenols is 1. The molecule has 1 atom stereocenters. The zero-order chi connectivity index (χ0) is 20.7. The number of aryl methyl sites for hydroxylation is 2. The molecule has 29 heavy (non-hydrogen) atoms. The monoisotopic (exact) mass is 407 g/mol. The SMILES string of the molecule is CCCN1C(=O)c2[nH]nc(-c3cc(C)cc(C)c3O)c2C1c1ccc(SC)cc1. The first-order chi connectivity index (χ1) is 14.0. The Kier molecular flexibility index (Phi) is 5.13. The lowest BCUT2D eigenvalue weighted by molar-refractivity contribution is 0.0744. The Hall–Kier alpha value is -2.73. The Morgan fingerprint density at radius 1 is 1.21 bits per heavy atom. The lowest BCUT2D eigenvalue weighted by Crippen LogP contribution is -2.30. The highest BCUT2D eigenvalue weighted by Gasteiger charge is 2.42. The van der Waals surface area contributed by atoms with Crippen molar-refractivity contribution in [1.82, 2.24) is 15.1 Å². The van der Waals surface area contributed by atoms with Gasteiger partial charge in [-0.25, -0.2) is 0 Å². The highest BCUT2D eigenvalue weighted by Crippen LogP contribution is 2.45. The number of aromatic amines is 1. The van der Waals surface area contributed by atoms with Crippen LogP contribution < -0.4 is 0 Å². The van der Waals surface area contributed by atoms with Crippen LogP contribution >= 0.6 is 11.8 Å². The van der Waals surface area contributed by atoms with Gasteiger partial charge < -0.3 is 10.0 Å². The lowest BCUT2D eigenvalue weighted by Gasteiger charge is -2.26. The number of aromatic hydroxyl groups is 1. The summed E-state index contributed by atoms with van der Waals surface area (Å²) in [6.07, 6.45) is 2.92. The summed E-state index contributed by atoms with van der Waals surface area (Å²) in [6, 6.07) is 12.0. The van der Waals surface area contributed by atoms with E-state index in [2.05, 4.69) is 41.4 Å². The zero-order valence-corrected chi connectivity index (χ0v) is 17.9. The van der Waals surface area contributed by atoms with Gasteiger partial charge in [-0.1, -0.05) is 25.1 Å². The van der Waals surface area contributed by atoms with E-state index in [9.17, 15) is 9.90 Å². The van der Waals surface area contributed by atoms with E-state index in [1.807, 2.05) is 37.1 Å². The number of nitrogens with zero attached hydrogens (tertiary/aromatic N) is 2. The third-order valence-corrected chi connectivity index (χ3v) is 6.20. The van der Waals surface area contributed by atoms with Crippen molar-refractivity contribution in [1.29, 1.82) is 0 Å². The van der Waals surface area contributed by atoms with Gasteiger partial charge in [-0.05, 0) is 61.4 Å². The number of hydrogen-bond acceptors (Lipinski definition) is 4. The number of hydrogen-bond donors (Lipinski definition) is 2. The van der Waals surface area contributed by atoms with E-state index in [1.165, 1.54) is 4.90 Å². The number of H-pyrrole nitrogens is 1. The number of rotatable bonds is 5. The predicted octanol–water partition coefficient (Wildman–Crippen LogP) is 5.08. The van der Waals surface area contributed by atoms with Crippen LogP contribution in [-0.4, -0.2) is 38.9 Å². The van der Waals surface area contributed by atoms with Gasteiger partial charge in [-0.2, -0.15) is 5.10 Å². The van der Waals surface area contributed by atoms with E-state index in [0.29, 0.717) is 23.5 Å². The molecular weight excluding hydrogens is 382 g/mol. The Labute approximate surface area is 175 Å². The second-order valence-corrected chi connectivity index (χ2v) is 8.39. The van der Waals surface area contributed by atoms with Crippen molar-refractivity contribution in [3.63, 3.8) is 0 Å². The molecule has 1 aliphatic rings. The minimum atomic E-state index is -0.220. The van der Waals surface area contributed by atoms with Crippen LogP contribution in [0, 0.1) is 13.8 Å². The smallest absolute Gasteiger partial charge is 0.273 e. The Bertz CT molecular complexity index is 1070. The van der Waals surface area contributed by atoms with Gasteiger partial charge >= 0.3 is 0 Å². The summed E-state index contributed by atoms with van der Waals surface area (Å²) in [6.45, 7) is 6.61. The predicted molar refractivity (Wildman–Crippen MR) is 117 cm³/mol. The summed E-state index contributed by atoms with van der Waals surface area (Å²) >= 11 is 1.69. The second kappa shape index (κ2) is 7.59. The Balaban J connectivity index is 1.91. The van der Waals surface area contributed by atoms with Crippen molar-refractivity contribution >= 4 is 17.7 Å². The summed E-state index contributed by atoms with van der Waals surface area (Å²) < 4.78 is 0. The summed E-state index contributed by atoms with van der Waals surface area (Å²) in [5.41, 5.74) is 5.57. The van der Waals surface area contributed by atoms with Gasteiger partial charge in [0, 0.05) is 22.6 Å². The van der Waals surface area contributed by atoms with Crippen LogP contribution in [0.2, 0.25) is 0 Å². The van der Waals surface area contributed by atoms with Crippen LogP contribution in [0.25, 0.3) is 11.3 Å². The Morgan fingerprint density at radius 3 is 2.59 bits per heavy atom. The first-order valence-corrected chi connectivity index (χ1v) is 11.0. The fourth-order valence-corrected chi connectivity index (χ4v) is 4.56. The van der Waals surface area contributed by atoms with E-state index in [-0.39, 0.29) is 17.7 Å². The molecule has 2 N–H and O–H groups in total. The summed E-state index contributed by atoms with van der Waals surface area (Å²) in [7, 11) is 0. The number of aromatic nitrogens is 2. The van der Waals surface area contributed by atoms with Crippen molar-refractivity contribution in [3.8, 4) is 17.0 Å². The van der Waals surface area contributed by atoms with E-state index in [1.54, 1.807) is 11.8 Å². The van der Waals surface area contributed by atoms with Crippen LogP contribution in [-0.2, 0) is 0 Å². The number of phenolic OH excluding ortho intramolecular Hbond substituents is 1. The average Bonchev–Trinajstić information content (AvgIpc) is 3.25. The normalized spacial score (nSPS) is 15.8. The molecule has 1 amide bonds. The molecule has 1 aliphatic heterocycles. The average molecular weight is 408 g/mol. The van der Waals surface area contributed by atoms with Crippen LogP contribution in [0.5, 0.6) is 5.75 Å².